The molecule has 0 unspecified atom stereocenters. The van der Waals surface area contributed by atoms with Gasteiger partial charge in [0.05, 0.1) is 31.9 Å². The lowest BCUT2D eigenvalue weighted by atomic mass is 10.1. The molecule has 0 bridgehead atoms. The zero-order valence-electron chi connectivity index (χ0n) is 15.7. The molecule has 1 saturated heterocycles. The van der Waals surface area contributed by atoms with Gasteiger partial charge in [-0.05, 0) is 54.7 Å². The number of anilines is 1. The molecule has 4 nitrogen and oxygen atoms in total. The van der Waals surface area contributed by atoms with Crippen LogP contribution in [-0.2, 0) is 12.8 Å². The van der Waals surface area contributed by atoms with Gasteiger partial charge in [-0.2, -0.15) is 0 Å². The molecule has 0 aromatic heterocycles. The number of quaternary nitrogens is 1. The first-order valence-corrected chi connectivity index (χ1v) is 9.95. The van der Waals surface area contributed by atoms with Crippen LogP contribution in [-0.4, -0.2) is 50.5 Å². The van der Waals surface area contributed by atoms with Crippen molar-refractivity contribution in [2.24, 2.45) is 0 Å². The first-order chi connectivity index (χ1) is 13.2. The number of hydrogen-bond donors (Lipinski definition) is 2. The van der Waals surface area contributed by atoms with Gasteiger partial charge in [0.2, 0.25) is 0 Å². The molecule has 5 heteroatoms. The summed E-state index contributed by atoms with van der Waals surface area (Å²) in [5, 5.41) is 10.4. The molecule has 2 N–H and O–H groups in total. The fourth-order valence-corrected chi connectivity index (χ4v) is 4.20. The van der Waals surface area contributed by atoms with Crippen molar-refractivity contribution in [1.82, 2.24) is 0 Å². The Morgan fingerprint density at radius 1 is 1.07 bits per heavy atom. The number of nitrogens with zero attached hydrogens (tertiary/aromatic N) is 1. The molecule has 1 atom stereocenters. The summed E-state index contributed by atoms with van der Waals surface area (Å²) in [6.45, 7) is 4.37. The Morgan fingerprint density at radius 2 is 1.85 bits per heavy atom. The third-order valence-corrected chi connectivity index (χ3v) is 5.70. The topological polar surface area (TPSA) is 37.1 Å². The molecule has 0 amide bonds. The molecule has 2 aliphatic rings. The van der Waals surface area contributed by atoms with Gasteiger partial charge in [-0.1, -0.05) is 18.2 Å². The number of rotatable bonds is 6. The van der Waals surface area contributed by atoms with Crippen LogP contribution < -0.4 is 14.5 Å². The van der Waals surface area contributed by atoms with E-state index >= 15 is 0 Å². The van der Waals surface area contributed by atoms with Crippen molar-refractivity contribution >= 4 is 5.69 Å². The second kappa shape index (κ2) is 8.28. The first kappa shape index (κ1) is 18.3. The predicted octanol–water partition coefficient (Wildman–Crippen LogP) is 1.46. The molecule has 1 heterocycles. The quantitative estimate of drug-likeness (QED) is 0.807. The number of piperazine rings is 1. The highest BCUT2D eigenvalue weighted by atomic mass is 19.1. The minimum Gasteiger partial charge on any atom is -0.491 e. The summed E-state index contributed by atoms with van der Waals surface area (Å²) in [7, 11) is 0. The van der Waals surface area contributed by atoms with Gasteiger partial charge in [0.1, 0.15) is 30.8 Å². The monoisotopic (exact) mass is 371 g/mol. The largest absolute Gasteiger partial charge is 0.491 e. The van der Waals surface area contributed by atoms with Crippen molar-refractivity contribution < 1.29 is 19.1 Å². The molecule has 0 spiro atoms. The molecular weight excluding hydrogens is 343 g/mol. The van der Waals surface area contributed by atoms with Gasteiger partial charge in [-0.25, -0.2) is 4.39 Å². The second-order valence-corrected chi connectivity index (χ2v) is 7.64. The molecule has 1 aliphatic carbocycles. The average Bonchev–Trinajstić information content (AvgIpc) is 3.15. The molecule has 1 aliphatic heterocycles. The number of hydrogen-bond acceptors (Lipinski definition) is 3. The Kier molecular flexibility index (Phi) is 5.60. The number of benzene rings is 2. The molecule has 2 aromatic carbocycles. The molecule has 0 saturated carbocycles. The van der Waals surface area contributed by atoms with Gasteiger partial charge < -0.3 is 19.6 Å². The van der Waals surface area contributed by atoms with E-state index in [1.54, 1.807) is 6.07 Å². The summed E-state index contributed by atoms with van der Waals surface area (Å²) < 4.78 is 19.7. The fourth-order valence-electron chi connectivity index (χ4n) is 4.20. The van der Waals surface area contributed by atoms with Crippen molar-refractivity contribution in [3.8, 4) is 5.75 Å². The molecular formula is C22H28FN2O2+. The van der Waals surface area contributed by atoms with Crippen LogP contribution in [0, 0.1) is 5.82 Å². The number of aliphatic hydroxyl groups is 1. The minimum absolute atomic E-state index is 0.163. The lowest BCUT2D eigenvalue weighted by molar-refractivity contribution is -0.903. The van der Waals surface area contributed by atoms with Crippen LogP contribution in [0.2, 0.25) is 0 Å². The van der Waals surface area contributed by atoms with Crippen molar-refractivity contribution in [2.75, 3.05) is 44.2 Å². The number of aliphatic hydroxyl groups excluding tert-OH is 1. The number of fused-ring (bicyclic) bond motifs is 1. The Hall–Kier alpha value is -2.11. The summed E-state index contributed by atoms with van der Waals surface area (Å²) in [4.78, 5) is 3.43. The van der Waals surface area contributed by atoms with E-state index in [1.807, 2.05) is 18.2 Å². The average molecular weight is 371 g/mol. The van der Waals surface area contributed by atoms with Crippen molar-refractivity contribution in [3.05, 3.63) is 59.4 Å². The van der Waals surface area contributed by atoms with Crippen LogP contribution in [0.1, 0.15) is 17.5 Å². The molecule has 0 radical (unpaired) electrons. The zero-order chi connectivity index (χ0) is 18.6. The fraction of sp³-hybridized carbons (Fsp3) is 0.455. The number of ether oxygens (including phenoxy) is 1. The normalized spacial score (nSPS) is 18.4. The number of aryl methyl sites for hydroxylation is 2. The predicted molar refractivity (Wildman–Crippen MR) is 104 cm³/mol. The Labute approximate surface area is 160 Å². The van der Waals surface area contributed by atoms with Crippen LogP contribution in [0.4, 0.5) is 10.1 Å². The van der Waals surface area contributed by atoms with Gasteiger partial charge in [0, 0.05) is 0 Å². The van der Waals surface area contributed by atoms with Crippen LogP contribution >= 0.6 is 0 Å². The third-order valence-electron chi connectivity index (χ3n) is 5.70. The maximum Gasteiger partial charge on any atom is 0.146 e. The maximum absolute atomic E-state index is 13.9. The summed E-state index contributed by atoms with van der Waals surface area (Å²) in [6.07, 6.45) is 3.03. The summed E-state index contributed by atoms with van der Waals surface area (Å²) in [5.41, 5.74) is 3.49. The molecule has 2 aromatic rings. The highest BCUT2D eigenvalue weighted by molar-refractivity contribution is 5.47. The summed E-state index contributed by atoms with van der Waals surface area (Å²) in [5.74, 6) is 0.692. The maximum atomic E-state index is 13.9. The summed E-state index contributed by atoms with van der Waals surface area (Å²) in [6, 6.07) is 13.2. The smallest absolute Gasteiger partial charge is 0.146 e. The van der Waals surface area contributed by atoms with Gasteiger partial charge in [0.25, 0.3) is 0 Å². The van der Waals surface area contributed by atoms with E-state index in [9.17, 15) is 9.50 Å². The highest BCUT2D eigenvalue weighted by Gasteiger charge is 2.24. The lowest BCUT2D eigenvalue weighted by Crippen LogP contribution is -3.16. The van der Waals surface area contributed by atoms with E-state index in [1.165, 1.54) is 34.9 Å². The lowest BCUT2D eigenvalue weighted by Gasteiger charge is -2.34. The van der Waals surface area contributed by atoms with Crippen molar-refractivity contribution in [2.45, 2.75) is 25.4 Å². The zero-order valence-corrected chi connectivity index (χ0v) is 15.7. The molecule has 144 valence electrons. The van der Waals surface area contributed by atoms with Gasteiger partial charge in [-0.3, -0.25) is 0 Å². The number of para-hydroxylation sites is 1. The van der Waals surface area contributed by atoms with Gasteiger partial charge in [0.15, 0.2) is 0 Å². The highest BCUT2D eigenvalue weighted by Crippen LogP contribution is 2.26. The van der Waals surface area contributed by atoms with E-state index in [2.05, 4.69) is 17.0 Å². The van der Waals surface area contributed by atoms with E-state index in [-0.39, 0.29) is 5.82 Å². The number of nitrogens with one attached hydrogen (secondary N) is 1. The van der Waals surface area contributed by atoms with Crippen molar-refractivity contribution in [3.63, 3.8) is 0 Å². The number of halogens is 1. The van der Waals surface area contributed by atoms with Crippen LogP contribution in [0.25, 0.3) is 0 Å². The minimum atomic E-state index is -0.492. The van der Waals surface area contributed by atoms with E-state index in [0.29, 0.717) is 18.8 Å². The second-order valence-electron chi connectivity index (χ2n) is 7.64. The van der Waals surface area contributed by atoms with Crippen LogP contribution in [0.3, 0.4) is 0 Å². The third kappa shape index (κ3) is 4.42. The van der Waals surface area contributed by atoms with E-state index < -0.39 is 6.10 Å². The Balaban J connectivity index is 1.22. The van der Waals surface area contributed by atoms with Crippen LogP contribution in [0.15, 0.2) is 42.5 Å². The first-order valence-electron chi connectivity index (χ1n) is 9.95. The van der Waals surface area contributed by atoms with E-state index in [0.717, 1.165) is 38.3 Å². The SMILES string of the molecule is O[C@H](COc1ccc2c(c1)CCC2)C[NH+]1CCN(c2ccccc2F)CC1. The van der Waals surface area contributed by atoms with Crippen molar-refractivity contribution in [1.29, 1.82) is 0 Å². The Bertz CT molecular complexity index is 775. The van der Waals surface area contributed by atoms with E-state index in [4.69, 9.17) is 4.74 Å². The van der Waals surface area contributed by atoms with Gasteiger partial charge in [-0.15, -0.1) is 0 Å². The molecule has 27 heavy (non-hydrogen) atoms. The van der Waals surface area contributed by atoms with Gasteiger partial charge >= 0.3 is 0 Å². The standard InChI is InChI=1S/C22H27FN2O2/c23-21-6-1-2-7-22(21)25-12-10-24(11-13-25)15-19(26)16-27-20-9-8-17-4-3-5-18(17)14-20/h1-2,6-9,14,19,26H,3-5,10-13,15-16H2/p+1/t19-/m0/s1. The Morgan fingerprint density at radius 3 is 2.67 bits per heavy atom. The summed E-state index contributed by atoms with van der Waals surface area (Å²) >= 11 is 0. The molecule has 4 rings (SSSR count). The molecule has 1 fully saturated rings. The van der Waals surface area contributed by atoms with Crippen LogP contribution in [0.5, 0.6) is 5.75 Å².